The van der Waals surface area contributed by atoms with Crippen molar-refractivity contribution in [3.8, 4) is 0 Å². The molecular weight excluding hydrogens is 228 g/mol. The van der Waals surface area contributed by atoms with Gasteiger partial charge in [0.2, 0.25) is 0 Å². The van der Waals surface area contributed by atoms with Crippen LogP contribution < -0.4 is 5.73 Å². The van der Waals surface area contributed by atoms with E-state index in [1.807, 2.05) is 18.3 Å². The van der Waals surface area contributed by atoms with Gasteiger partial charge in [0.05, 0.1) is 0 Å². The van der Waals surface area contributed by atoms with E-state index in [0.717, 1.165) is 15.8 Å². The Morgan fingerprint density at radius 1 is 1.33 bits per heavy atom. The second-order valence-corrected chi connectivity index (χ2v) is 4.90. The Morgan fingerprint density at radius 3 is 2.87 bits per heavy atom. The number of nitrogens with two attached hydrogens (primary N) is 1. The Morgan fingerprint density at radius 2 is 2.27 bits per heavy atom. The molecule has 2 N–H and O–H groups in total. The van der Waals surface area contributed by atoms with Gasteiger partial charge in [-0.2, -0.15) is 4.37 Å². The van der Waals surface area contributed by atoms with Gasteiger partial charge in [0.1, 0.15) is 11.4 Å². The van der Waals surface area contributed by atoms with Crippen molar-refractivity contribution in [3.63, 3.8) is 0 Å². The Bertz CT molecular complexity index is 399. The lowest BCUT2D eigenvalue weighted by atomic mass is 10.2. The SMILES string of the molecule is NCCc1ccc(Sc2ncns2)nc1. The fourth-order valence-electron chi connectivity index (χ4n) is 1.08. The fourth-order valence-corrected chi connectivity index (χ4v) is 2.42. The minimum Gasteiger partial charge on any atom is -0.330 e. The monoisotopic (exact) mass is 238 g/mol. The first-order valence-electron chi connectivity index (χ1n) is 4.48. The molecule has 0 radical (unpaired) electrons. The molecule has 4 nitrogen and oxygen atoms in total. The van der Waals surface area contributed by atoms with Crippen LogP contribution in [0.25, 0.3) is 0 Å². The van der Waals surface area contributed by atoms with Gasteiger partial charge in [-0.3, -0.25) is 0 Å². The molecule has 0 saturated carbocycles. The molecule has 0 fully saturated rings. The van der Waals surface area contributed by atoms with E-state index in [4.69, 9.17) is 5.73 Å². The predicted molar refractivity (Wildman–Crippen MR) is 61.0 cm³/mol. The van der Waals surface area contributed by atoms with Crippen LogP contribution in [0.4, 0.5) is 0 Å². The third kappa shape index (κ3) is 2.98. The van der Waals surface area contributed by atoms with Crippen molar-refractivity contribution in [1.82, 2.24) is 14.3 Å². The standard InChI is InChI=1S/C9H10N4S2/c10-4-3-7-1-2-8(11-5-7)14-9-12-6-13-15-9/h1-2,5-6H,3-4,10H2. The largest absolute Gasteiger partial charge is 0.330 e. The maximum absolute atomic E-state index is 5.46. The van der Waals surface area contributed by atoms with Crippen molar-refractivity contribution in [1.29, 1.82) is 0 Å². The molecule has 0 aromatic carbocycles. The van der Waals surface area contributed by atoms with Gasteiger partial charge in [-0.05, 0) is 47.9 Å². The summed E-state index contributed by atoms with van der Waals surface area (Å²) in [6.07, 6.45) is 4.28. The van der Waals surface area contributed by atoms with E-state index in [2.05, 4.69) is 14.3 Å². The second kappa shape index (κ2) is 5.20. The molecule has 0 spiro atoms. The molecule has 0 aliphatic carbocycles. The van der Waals surface area contributed by atoms with Crippen molar-refractivity contribution < 1.29 is 0 Å². The van der Waals surface area contributed by atoms with Crippen LogP contribution in [-0.2, 0) is 6.42 Å². The van der Waals surface area contributed by atoms with Gasteiger partial charge in [0, 0.05) is 6.20 Å². The van der Waals surface area contributed by atoms with Crippen LogP contribution in [0.2, 0.25) is 0 Å². The van der Waals surface area contributed by atoms with Crippen molar-refractivity contribution in [3.05, 3.63) is 30.2 Å². The molecule has 0 saturated heterocycles. The summed E-state index contributed by atoms with van der Waals surface area (Å²) in [5.41, 5.74) is 6.62. The number of hydrogen-bond acceptors (Lipinski definition) is 6. The zero-order valence-electron chi connectivity index (χ0n) is 7.96. The number of nitrogens with zero attached hydrogens (tertiary/aromatic N) is 3. The summed E-state index contributed by atoms with van der Waals surface area (Å²) in [6.45, 7) is 0.657. The number of rotatable bonds is 4. The highest BCUT2D eigenvalue weighted by Crippen LogP contribution is 2.26. The van der Waals surface area contributed by atoms with E-state index in [-0.39, 0.29) is 0 Å². The molecular formula is C9H10N4S2. The molecule has 2 aromatic heterocycles. The van der Waals surface area contributed by atoms with Crippen molar-refractivity contribution in [2.45, 2.75) is 15.8 Å². The van der Waals surface area contributed by atoms with Crippen molar-refractivity contribution >= 4 is 23.3 Å². The first kappa shape index (κ1) is 10.5. The third-order valence-electron chi connectivity index (χ3n) is 1.76. The van der Waals surface area contributed by atoms with Crippen LogP contribution in [0.5, 0.6) is 0 Å². The molecule has 0 atom stereocenters. The quantitative estimate of drug-likeness (QED) is 0.876. The highest BCUT2D eigenvalue weighted by Gasteiger charge is 2.01. The van der Waals surface area contributed by atoms with Crippen LogP contribution in [0.3, 0.4) is 0 Å². The average molecular weight is 238 g/mol. The maximum atomic E-state index is 5.46. The molecule has 0 aliphatic rings. The summed E-state index contributed by atoms with van der Waals surface area (Å²) in [7, 11) is 0. The lowest BCUT2D eigenvalue weighted by Crippen LogP contribution is -2.02. The van der Waals surface area contributed by atoms with E-state index < -0.39 is 0 Å². The summed E-state index contributed by atoms with van der Waals surface area (Å²) < 4.78 is 4.84. The molecule has 0 amide bonds. The fraction of sp³-hybridized carbons (Fsp3) is 0.222. The zero-order valence-corrected chi connectivity index (χ0v) is 9.59. The zero-order chi connectivity index (χ0) is 10.5. The molecule has 2 rings (SSSR count). The summed E-state index contributed by atoms with van der Waals surface area (Å²) in [5.74, 6) is 0. The molecule has 6 heteroatoms. The van der Waals surface area contributed by atoms with Crippen LogP contribution in [0.15, 0.2) is 34.0 Å². The van der Waals surface area contributed by atoms with E-state index >= 15 is 0 Å². The van der Waals surface area contributed by atoms with E-state index in [9.17, 15) is 0 Å². The number of aromatic nitrogens is 3. The molecule has 0 aliphatic heterocycles. The third-order valence-corrected chi connectivity index (χ3v) is 3.43. The molecule has 0 bridgehead atoms. The van der Waals surface area contributed by atoms with E-state index in [1.54, 1.807) is 6.33 Å². The van der Waals surface area contributed by atoms with Crippen LogP contribution >= 0.6 is 23.3 Å². The summed E-state index contributed by atoms with van der Waals surface area (Å²) in [5, 5.41) is 0.938. The molecule has 0 unspecified atom stereocenters. The molecule has 78 valence electrons. The Kier molecular flexibility index (Phi) is 3.65. The number of hydrogen-bond donors (Lipinski definition) is 1. The van der Waals surface area contributed by atoms with Crippen LogP contribution in [-0.4, -0.2) is 20.9 Å². The Labute approximate surface area is 96.1 Å². The first-order valence-corrected chi connectivity index (χ1v) is 6.07. The van der Waals surface area contributed by atoms with Gasteiger partial charge >= 0.3 is 0 Å². The predicted octanol–water partition coefficient (Wildman–Crippen LogP) is 1.59. The topological polar surface area (TPSA) is 64.7 Å². The van der Waals surface area contributed by atoms with Gasteiger partial charge < -0.3 is 5.73 Å². The summed E-state index contributed by atoms with van der Waals surface area (Å²) >= 11 is 2.90. The second-order valence-electron chi connectivity index (χ2n) is 2.85. The highest BCUT2D eigenvalue weighted by atomic mass is 32.2. The highest BCUT2D eigenvalue weighted by molar-refractivity contribution is 8.00. The van der Waals surface area contributed by atoms with Gasteiger partial charge in [-0.25, -0.2) is 9.97 Å². The van der Waals surface area contributed by atoms with Gasteiger partial charge in [-0.1, -0.05) is 6.07 Å². The van der Waals surface area contributed by atoms with Crippen molar-refractivity contribution in [2.75, 3.05) is 6.54 Å². The normalized spacial score (nSPS) is 10.5. The first-order chi connectivity index (χ1) is 7.38. The molecule has 2 heterocycles. The number of pyridine rings is 1. The Balaban J connectivity index is 2.04. The van der Waals surface area contributed by atoms with Crippen molar-refractivity contribution in [2.24, 2.45) is 5.73 Å². The van der Waals surface area contributed by atoms with Crippen LogP contribution in [0, 0.1) is 0 Å². The average Bonchev–Trinajstić information content (AvgIpc) is 2.74. The Hall–Kier alpha value is -0.980. The van der Waals surface area contributed by atoms with Crippen LogP contribution in [0.1, 0.15) is 5.56 Å². The lowest BCUT2D eigenvalue weighted by Gasteiger charge is -1.99. The minimum atomic E-state index is 0.657. The summed E-state index contributed by atoms with van der Waals surface area (Å²) in [4.78, 5) is 8.40. The lowest BCUT2D eigenvalue weighted by molar-refractivity contribution is 0.945. The van der Waals surface area contributed by atoms with Gasteiger partial charge in [0.25, 0.3) is 0 Å². The molecule has 2 aromatic rings. The van der Waals surface area contributed by atoms with Gasteiger partial charge in [-0.15, -0.1) is 0 Å². The summed E-state index contributed by atoms with van der Waals surface area (Å²) in [6, 6.07) is 4.03. The molecule has 15 heavy (non-hydrogen) atoms. The van der Waals surface area contributed by atoms with E-state index in [1.165, 1.54) is 28.9 Å². The van der Waals surface area contributed by atoms with E-state index in [0.29, 0.717) is 6.54 Å². The smallest absolute Gasteiger partial charge is 0.175 e. The van der Waals surface area contributed by atoms with Gasteiger partial charge in [0.15, 0.2) is 4.34 Å². The minimum absolute atomic E-state index is 0.657. The maximum Gasteiger partial charge on any atom is 0.175 e.